The van der Waals surface area contributed by atoms with Crippen LogP contribution >= 0.6 is 11.8 Å². The number of fused-ring (bicyclic) bond motifs is 1. The van der Waals surface area contributed by atoms with Crippen LogP contribution in [-0.2, 0) is 4.79 Å². The quantitative estimate of drug-likeness (QED) is 0.290. The second-order valence-electron chi connectivity index (χ2n) is 7.92. The molecule has 0 aliphatic rings. The molecule has 2 unspecified atom stereocenters. The molecule has 3 aromatic carbocycles. The van der Waals surface area contributed by atoms with Crippen LogP contribution in [0.3, 0.4) is 0 Å². The summed E-state index contributed by atoms with van der Waals surface area (Å²) in [4.78, 5) is 30.7. The number of thioether (sulfide) groups is 1. The molecule has 2 atom stereocenters. The monoisotopic (exact) mass is 479 g/mol. The fourth-order valence-corrected chi connectivity index (χ4v) is 4.68. The minimum atomic E-state index is -0.720. The third kappa shape index (κ3) is 5.02. The smallest absolute Gasteiger partial charge is 0.262 e. The minimum Gasteiger partial charge on any atom is -0.349 e. The van der Waals surface area contributed by atoms with E-state index in [9.17, 15) is 18.4 Å². The Morgan fingerprint density at radius 1 is 1.03 bits per heavy atom. The molecule has 4 rings (SSSR count). The van der Waals surface area contributed by atoms with Gasteiger partial charge in [-0.15, -0.1) is 0 Å². The number of aromatic nitrogens is 2. The summed E-state index contributed by atoms with van der Waals surface area (Å²) in [6.45, 7) is 3.54. The molecule has 0 saturated heterocycles. The third-order valence-electron chi connectivity index (χ3n) is 5.58. The highest BCUT2D eigenvalue weighted by Crippen LogP contribution is 2.25. The molecule has 1 aromatic heterocycles. The van der Waals surface area contributed by atoms with E-state index in [0.29, 0.717) is 16.1 Å². The number of nitrogens with zero attached hydrogens (tertiary/aromatic N) is 2. The molecule has 34 heavy (non-hydrogen) atoms. The van der Waals surface area contributed by atoms with Gasteiger partial charge in [0.1, 0.15) is 11.6 Å². The average molecular weight is 480 g/mol. The van der Waals surface area contributed by atoms with E-state index in [-0.39, 0.29) is 28.8 Å². The molecule has 0 saturated carbocycles. The Balaban J connectivity index is 1.59. The maximum atomic E-state index is 14.1. The highest BCUT2D eigenvalue weighted by molar-refractivity contribution is 7.99. The number of nitrogens with one attached hydrogen (secondary N) is 1. The number of amides is 1. The number of hydrogen-bond acceptors (Lipinski definition) is 4. The molecule has 0 bridgehead atoms. The molecular formula is C26H23F2N3O2S. The number of rotatable bonds is 7. The van der Waals surface area contributed by atoms with Crippen LogP contribution in [-0.4, -0.2) is 21.2 Å². The van der Waals surface area contributed by atoms with Gasteiger partial charge in [0, 0.05) is 11.6 Å². The van der Waals surface area contributed by atoms with Gasteiger partial charge in [-0.1, -0.05) is 60.3 Å². The maximum Gasteiger partial charge on any atom is 0.262 e. The first-order valence-electron chi connectivity index (χ1n) is 10.8. The molecular weight excluding hydrogens is 456 g/mol. The SMILES string of the molecule is CC(NC(=O)CSc1nc2ccccc2c(=O)n1C(C)c1ccccc1)c1ccc(F)cc1F. The summed E-state index contributed by atoms with van der Waals surface area (Å²) in [5.41, 5.74) is 1.49. The first kappa shape index (κ1) is 23.6. The van der Waals surface area contributed by atoms with Gasteiger partial charge in [0.15, 0.2) is 5.16 Å². The summed E-state index contributed by atoms with van der Waals surface area (Å²) in [6, 6.07) is 19.0. The van der Waals surface area contributed by atoms with Gasteiger partial charge in [0.2, 0.25) is 5.91 Å². The largest absolute Gasteiger partial charge is 0.349 e. The molecule has 5 nitrogen and oxygen atoms in total. The van der Waals surface area contributed by atoms with Crippen molar-refractivity contribution < 1.29 is 13.6 Å². The lowest BCUT2D eigenvalue weighted by Gasteiger charge is -2.20. The molecule has 0 aliphatic carbocycles. The van der Waals surface area contributed by atoms with E-state index >= 15 is 0 Å². The predicted octanol–water partition coefficient (Wildman–Crippen LogP) is 5.25. The van der Waals surface area contributed by atoms with Gasteiger partial charge in [0.05, 0.1) is 28.7 Å². The molecule has 0 spiro atoms. The summed E-state index contributed by atoms with van der Waals surface area (Å²) in [7, 11) is 0. The van der Waals surface area contributed by atoms with Crippen molar-refractivity contribution in [1.29, 1.82) is 0 Å². The lowest BCUT2D eigenvalue weighted by molar-refractivity contribution is -0.119. The summed E-state index contributed by atoms with van der Waals surface area (Å²) >= 11 is 1.14. The average Bonchev–Trinajstić information content (AvgIpc) is 2.83. The van der Waals surface area contributed by atoms with Crippen LogP contribution < -0.4 is 10.9 Å². The van der Waals surface area contributed by atoms with Crippen LogP contribution in [0.2, 0.25) is 0 Å². The number of carbonyl (C=O) groups excluding carboxylic acids is 1. The summed E-state index contributed by atoms with van der Waals surface area (Å²) < 4.78 is 28.8. The molecule has 0 radical (unpaired) electrons. The number of para-hydroxylation sites is 1. The maximum absolute atomic E-state index is 14.1. The van der Waals surface area contributed by atoms with Crippen molar-refractivity contribution in [3.05, 3.63) is 106 Å². The van der Waals surface area contributed by atoms with Gasteiger partial charge in [-0.2, -0.15) is 0 Å². The lowest BCUT2D eigenvalue weighted by atomic mass is 10.1. The van der Waals surface area contributed by atoms with Gasteiger partial charge in [-0.05, 0) is 37.6 Å². The van der Waals surface area contributed by atoms with Crippen LogP contribution in [0.1, 0.15) is 37.1 Å². The zero-order valence-electron chi connectivity index (χ0n) is 18.7. The molecule has 1 amide bonds. The van der Waals surface area contributed by atoms with Crippen molar-refractivity contribution in [2.45, 2.75) is 31.1 Å². The van der Waals surface area contributed by atoms with E-state index in [4.69, 9.17) is 0 Å². The van der Waals surface area contributed by atoms with Crippen molar-refractivity contribution in [1.82, 2.24) is 14.9 Å². The molecule has 8 heteroatoms. The van der Waals surface area contributed by atoms with Crippen LogP contribution in [0.4, 0.5) is 8.78 Å². The normalized spacial score (nSPS) is 12.9. The second-order valence-corrected chi connectivity index (χ2v) is 8.86. The Kier molecular flexibility index (Phi) is 7.07. The Morgan fingerprint density at radius 3 is 2.47 bits per heavy atom. The van der Waals surface area contributed by atoms with Gasteiger partial charge in [-0.3, -0.25) is 14.2 Å². The molecule has 174 valence electrons. The Bertz CT molecular complexity index is 1390. The minimum absolute atomic E-state index is 0.0283. The Hall–Kier alpha value is -3.52. The number of carbonyl (C=O) groups is 1. The van der Waals surface area contributed by atoms with E-state index in [1.807, 2.05) is 37.3 Å². The zero-order chi connectivity index (χ0) is 24.2. The molecule has 1 N–H and O–H groups in total. The summed E-state index contributed by atoms with van der Waals surface area (Å²) in [5, 5.41) is 3.63. The van der Waals surface area contributed by atoms with Gasteiger partial charge < -0.3 is 5.32 Å². The van der Waals surface area contributed by atoms with Gasteiger partial charge in [-0.25, -0.2) is 13.8 Å². The fraction of sp³-hybridized carbons (Fsp3) is 0.192. The molecule has 0 aliphatic heterocycles. The first-order valence-corrected chi connectivity index (χ1v) is 11.8. The summed E-state index contributed by atoms with van der Waals surface area (Å²) in [6.07, 6.45) is 0. The van der Waals surface area contributed by atoms with E-state index in [2.05, 4.69) is 10.3 Å². The molecule has 1 heterocycles. The Morgan fingerprint density at radius 2 is 1.74 bits per heavy atom. The number of benzene rings is 3. The van der Waals surface area contributed by atoms with Crippen molar-refractivity contribution in [2.75, 3.05) is 5.75 Å². The first-order chi connectivity index (χ1) is 16.3. The predicted molar refractivity (Wildman–Crippen MR) is 130 cm³/mol. The van der Waals surface area contributed by atoms with Crippen molar-refractivity contribution in [3.8, 4) is 0 Å². The van der Waals surface area contributed by atoms with E-state index in [1.54, 1.807) is 35.8 Å². The van der Waals surface area contributed by atoms with E-state index in [0.717, 1.165) is 29.5 Å². The van der Waals surface area contributed by atoms with Gasteiger partial charge in [0.25, 0.3) is 5.56 Å². The van der Waals surface area contributed by atoms with Crippen LogP contribution in [0.5, 0.6) is 0 Å². The highest BCUT2D eigenvalue weighted by atomic mass is 32.2. The standard InChI is InChI=1S/C26H23F2N3O2S/c1-16(20-13-12-19(27)14-22(20)28)29-24(32)15-34-26-30-23-11-7-6-10-21(23)25(33)31(26)17(2)18-8-4-3-5-9-18/h3-14,16-17H,15H2,1-2H3,(H,29,32). The fourth-order valence-electron chi connectivity index (χ4n) is 3.79. The zero-order valence-corrected chi connectivity index (χ0v) is 19.5. The number of hydrogen-bond donors (Lipinski definition) is 1. The summed E-state index contributed by atoms with van der Waals surface area (Å²) in [5.74, 6) is -1.78. The van der Waals surface area contributed by atoms with E-state index in [1.165, 1.54) is 6.07 Å². The molecule has 4 aromatic rings. The van der Waals surface area contributed by atoms with E-state index < -0.39 is 17.7 Å². The lowest BCUT2D eigenvalue weighted by Crippen LogP contribution is -2.30. The second kappa shape index (κ2) is 10.2. The van der Waals surface area contributed by atoms with Crippen LogP contribution in [0.15, 0.2) is 82.7 Å². The highest BCUT2D eigenvalue weighted by Gasteiger charge is 2.20. The van der Waals surface area contributed by atoms with Crippen molar-refractivity contribution in [3.63, 3.8) is 0 Å². The Labute approximate surface area is 199 Å². The number of halogens is 2. The molecule has 0 fully saturated rings. The van der Waals surface area contributed by atoms with Gasteiger partial charge >= 0.3 is 0 Å². The van der Waals surface area contributed by atoms with Crippen LogP contribution in [0, 0.1) is 11.6 Å². The van der Waals surface area contributed by atoms with Crippen LogP contribution in [0.25, 0.3) is 10.9 Å². The topological polar surface area (TPSA) is 64.0 Å². The van der Waals surface area contributed by atoms with Crippen molar-refractivity contribution in [2.24, 2.45) is 0 Å². The third-order valence-corrected chi connectivity index (χ3v) is 6.54. The van der Waals surface area contributed by atoms with Crippen molar-refractivity contribution >= 4 is 28.6 Å².